The van der Waals surface area contributed by atoms with Crippen LogP contribution < -0.4 is 4.74 Å². The van der Waals surface area contributed by atoms with E-state index >= 15 is 0 Å². The van der Waals surface area contributed by atoms with Gasteiger partial charge in [-0.2, -0.15) is 4.79 Å². The Labute approximate surface area is 142 Å². The maximum atomic E-state index is 12.2. The molecule has 5 nitrogen and oxygen atoms in total. The molecule has 24 heavy (non-hydrogen) atoms. The summed E-state index contributed by atoms with van der Waals surface area (Å²) in [5, 5.41) is 0. The number of nitrogens with zero attached hydrogens (tertiary/aromatic N) is 2. The van der Waals surface area contributed by atoms with Gasteiger partial charge < -0.3 is 15.0 Å². The van der Waals surface area contributed by atoms with Crippen molar-refractivity contribution in [2.75, 3.05) is 7.11 Å². The largest absolute Gasteiger partial charge is 0.497 e. The lowest BCUT2D eigenvalue weighted by Gasteiger charge is -2.33. The van der Waals surface area contributed by atoms with Gasteiger partial charge in [-0.25, -0.2) is 0 Å². The first-order chi connectivity index (χ1) is 11.7. The molecule has 128 valence electrons. The number of methoxy groups -OCH3 is 1. The zero-order valence-electron chi connectivity index (χ0n) is 14.1. The second-order valence-corrected chi connectivity index (χ2v) is 6.06. The number of ether oxygens (including phenoxy) is 2. The molecule has 3 atom stereocenters. The molecule has 0 saturated heterocycles. The summed E-state index contributed by atoms with van der Waals surface area (Å²) in [6.45, 7) is 4.33. The summed E-state index contributed by atoms with van der Waals surface area (Å²) in [5.41, 5.74) is 9.67. The van der Waals surface area contributed by atoms with E-state index in [1.807, 2.05) is 24.3 Å². The highest BCUT2D eigenvalue weighted by atomic mass is 16.5. The number of benzene rings is 1. The summed E-state index contributed by atoms with van der Waals surface area (Å²) in [6.07, 6.45) is 6.37. The Morgan fingerprint density at radius 2 is 2.08 bits per heavy atom. The molecule has 1 aliphatic carbocycles. The van der Waals surface area contributed by atoms with Crippen molar-refractivity contribution in [2.24, 2.45) is 11.8 Å². The Balaban J connectivity index is 2.03. The standard InChI is InChI=1S/C19H24N2O3/c1-3-19(24-13-14-8-10-15(23-2)11-9-14)17-7-5-4-6-16(17)18(22)12-21-20/h3,8-12,16-17,19H,1,4-7,13H2,2H3/t16-,17-,19-/m1/s1. The SMILES string of the molecule is C=C[C@@H](OCc1ccc(OC)cc1)[C@@H]1CCCC[C@H]1C(=O)C=[N+]=[N-]. The molecule has 1 aliphatic rings. The van der Waals surface area contributed by atoms with Gasteiger partial charge in [-0.1, -0.05) is 31.1 Å². The summed E-state index contributed by atoms with van der Waals surface area (Å²) in [6, 6.07) is 7.71. The Kier molecular flexibility index (Phi) is 6.91. The molecule has 0 heterocycles. The monoisotopic (exact) mass is 328 g/mol. The predicted molar refractivity (Wildman–Crippen MR) is 91.9 cm³/mol. The van der Waals surface area contributed by atoms with Crippen LogP contribution in [-0.4, -0.2) is 30.0 Å². The van der Waals surface area contributed by atoms with Crippen LogP contribution in [-0.2, 0) is 16.1 Å². The summed E-state index contributed by atoms with van der Waals surface area (Å²) >= 11 is 0. The van der Waals surface area contributed by atoms with E-state index in [-0.39, 0.29) is 23.7 Å². The molecule has 2 rings (SSSR count). The van der Waals surface area contributed by atoms with Crippen molar-refractivity contribution < 1.29 is 19.1 Å². The molecule has 0 aromatic heterocycles. The van der Waals surface area contributed by atoms with Crippen molar-refractivity contribution in [3.05, 3.63) is 48.0 Å². The lowest BCUT2D eigenvalue weighted by atomic mass is 9.74. The smallest absolute Gasteiger partial charge is 0.323 e. The summed E-state index contributed by atoms with van der Waals surface area (Å²) in [5.74, 6) is 0.566. The average molecular weight is 328 g/mol. The van der Waals surface area contributed by atoms with Gasteiger partial charge in [-0.15, -0.1) is 6.58 Å². The highest BCUT2D eigenvalue weighted by molar-refractivity contribution is 6.26. The van der Waals surface area contributed by atoms with E-state index in [1.54, 1.807) is 13.2 Å². The van der Waals surface area contributed by atoms with Crippen molar-refractivity contribution in [3.63, 3.8) is 0 Å². The molecule has 0 aliphatic heterocycles. The van der Waals surface area contributed by atoms with E-state index in [2.05, 4.69) is 11.4 Å². The molecule has 0 N–H and O–H groups in total. The van der Waals surface area contributed by atoms with Crippen molar-refractivity contribution in [3.8, 4) is 5.75 Å². The molecule has 0 radical (unpaired) electrons. The molecule has 5 heteroatoms. The Hall–Kier alpha value is -2.23. The molecular weight excluding hydrogens is 304 g/mol. The first-order valence-electron chi connectivity index (χ1n) is 8.28. The fourth-order valence-electron chi connectivity index (χ4n) is 3.34. The normalized spacial score (nSPS) is 21.4. The summed E-state index contributed by atoms with van der Waals surface area (Å²) < 4.78 is 11.2. The van der Waals surface area contributed by atoms with Gasteiger partial charge in [0, 0.05) is 5.92 Å². The number of Topliss-reactive ketones (excluding diaryl/α,β-unsaturated/α-hetero) is 1. The molecule has 1 aromatic rings. The number of hydrogen-bond acceptors (Lipinski definition) is 3. The van der Waals surface area contributed by atoms with Crippen LogP contribution in [0.4, 0.5) is 0 Å². The number of carbonyl (C=O) groups is 1. The lowest BCUT2D eigenvalue weighted by Crippen LogP contribution is -2.36. The van der Waals surface area contributed by atoms with Crippen LogP contribution >= 0.6 is 0 Å². The summed E-state index contributed by atoms with van der Waals surface area (Å²) in [7, 11) is 1.63. The first kappa shape index (κ1) is 18.1. The zero-order valence-corrected chi connectivity index (χ0v) is 14.1. The fourth-order valence-corrected chi connectivity index (χ4v) is 3.34. The van der Waals surface area contributed by atoms with Crippen molar-refractivity contribution in [1.82, 2.24) is 0 Å². The van der Waals surface area contributed by atoms with Crippen LogP contribution in [0.3, 0.4) is 0 Å². The van der Waals surface area contributed by atoms with Crippen molar-refractivity contribution in [1.29, 1.82) is 0 Å². The third kappa shape index (κ3) is 4.63. The van der Waals surface area contributed by atoms with Crippen molar-refractivity contribution >= 4 is 12.0 Å². The minimum atomic E-state index is -0.201. The van der Waals surface area contributed by atoms with E-state index in [9.17, 15) is 4.79 Å². The van der Waals surface area contributed by atoms with Crippen LogP contribution in [0.1, 0.15) is 31.2 Å². The average Bonchev–Trinajstić information content (AvgIpc) is 2.63. The quantitative estimate of drug-likeness (QED) is 0.317. The van der Waals surface area contributed by atoms with E-state index < -0.39 is 0 Å². The third-order valence-corrected chi connectivity index (χ3v) is 4.63. The van der Waals surface area contributed by atoms with Gasteiger partial charge >= 0.3 is 6.21 Å². The van der Waals surface area contributed by atoms with Gasteiger partial charge in [0.25, 0.3) is 0 Å². The van der Waals surface area contributed by atoms with Crippen LogP contribution in [0.5, 0.6) is 5.75 Å². The molecule has 0 unspecified atom stereocenters. The molecule has 1 fully saturated rings. The lowest BCUT2D eigenvalue weighted by molar-refractivity contribution is -0.124. The number of carbonyl (C=O) groups excluding carboxylic acids is 1. The second-order valence-electron chi connectivity index (χ2n) is 6.06. The third-order valence-electron chi connectivity index (χ3n) is 4.63. The minimum Gasteiger partial charge on any atom is -0.497 e. The number of ketones is 1. The molecule has 0 bridgehead atoms. The van der Waals surface area contributed by atoms with Crippen LogP contribution in [0.2, 0.25) is 0 Å². The van der Waals surface area contributed by atoms with Gasteiger partial charge in [0.1, 0.15) is 5.75 Å². The van der Waals surface area contributed by atoms with Crippen molar-refractivity contribution in [2.45, 2.75) is 38.4 Å². The topological polar surface area (TPSA) is 71.9 Å². The summed E-state index contributed by atoms with van der Waals surface area (Å²) in [4.78, 5) is 15.0. The fraction of sp³-hybridized carbons (Fsp3) is 0.474. The van der Waals surface area contributed by atoms with Crippen LogP contribution in [0, 0.1) is 11.8 Å². The molecular formula is C19H24N2O3. The first-order valence-corrected chi connectivity index (χ1v) is 8.28. The zero-order chi connectivity index (χ0) is 17.4. The van der Waals surface area contributed by atoms with Gasteiger partial charge in [0.05, 0.1) is 19.8 Å². The van der Waals surface area contributed by atoms with Gasteiger partial charge in [0.15, 0.2) is 0 Å². The predicted octanol–water partition coefficient (Wildman–Crippen LogP) is 3.44. The highest BCUT2D eigenvalue weighted by Gasteiger charge is 2.36. The molecule has 1 saturated carbocycles. The van der Waals surface area contributed by atoms with E-state index in [0.717, 1.165) is 43.2 Å². The van der Waals surface area contributed by atoms with Crippen LogP contribution in [0.15, 0.2) is 36.9 Å². The number of rotatable bonds is 8. The molecule has 0 spiro atoms. The van der Waals surface area contributed by atoms with Gasteiger partial charge in [0.2, 0.25) is 5.78 Å². The van der Waals surface area contributed by atoms with Crippen LogP contribution in [0.25, 0.3) is 5.53 Å². The Morgan fingerprint density at radius 3 is 2.71 bits per heavy atom. The molecule has 0 amide bonds. The Morgan fingerprint density at radius 1 is 1.38 bits per heavy atom. The van der Waals surface area contributed by atoms with Gasteiger partial charge in [-0.05, 0) is 36.5 Å². The second kappa shape index (κ2) is 9.16. The van der Waals surface area contributed by atoms with Gasteiger partial charge in [-0.3, -0.25) is 4.79 Å². The highest BCUT2D eigenvalue weighted by Crippen LogP contribution is 2.34. The maximum Gasteiger partial charge on any atom is 0.323 e. The van der Waals surface area contributed by atoms with E-state index in [4.69, 9.17) is 15.0 Å². The van der Waals surface area contributed by atoms with E-state index in [0.29, 0.717) is 6.61 Å². The van der Waals surface area contributed by atoms with E-state index in [1.165, 1.54) is 0 Å². The Bertz CT molecular complexity index is 606. The molecule has 1 aromatic carbocycles. The maximum absolute atomic E-state index is 12.2. The number of hydrogen-bond donors (Lipinski definition) is 0. The minimum absolute atomic E-state index is 0.0694.